The number of rotatable bonds is 11. The van der Waals surface area contributed by atoms with Gasteiger partial charge in [0.05, 0.1) is 19.1 Å². The fraction of sp³-hybridized carbons (Fsp3) is 0.583. The summed E-state index contributed by atoms with van der Waals surface area (Å²) in [6.45, 7) is -1.46. The van der Waals surface area contributed by atoms with Gasteiger partial charge in [-0.1, -0.05) is 0 Å². The van der Waals surface area contributed by atoms with Crippen molar-refractivity contribution in [3.63, 3.8) is 0 Å². The summed E-state index contributed by atoms with van der Waals surface area (Å²) in [6.07, 6.45) is -0.456. The van der Waals surface area contributed by atoms with E-state index in [-0.39, 0.29) is 5.75 Å². The normalized spacial score (nSPS) is 13.9. The van der Waals surface area contributed by atoms with Gasteiger partial charge in [-0.05, 0) is 0 Å². The maximum absolute atomic E-state index is 12.0. The molecule has 0 spiro atoms. The Labute approximate surface area is 148 Å². The molecule has 0 aliphatic heterocycles. The van der Waals surface area contributed by atoms with Gasteiger partial charge in [0.1, 0.15) is 18.6 Å². The Morgan fingerprint density at radius 3 is 2.00 bits per heavy atom. The zero-order valence-electron chi connectivity index (χ0n) is 13.1. The zero-order valence-corrected chi connectivity index (χ0v) is 14.0. The molecule has 0 bridgehead atoms. The van der Waals surface area contributed by atoms with E-state index in [4.69, 9.17) is 16.6 Å². The van der Waals surface area contributed by atoms with Crippen LogP contribution in [0.25, 0.3) is 0 Å². The standard InChI is InChI=1S/C12H21N5O7S/c13-5(1-8(14)19)10(22)16-6(3-18)12(24)17-7(4-25)11(23)15-2-9(20)21/h5-7,18,25H,1-4,13H2,(H2,14,19)(H,15,23)(H,16,22)(H,17,24)(H,20,21). The predicted octanol–water partition coefficient (Wildman–Crippen LogP) is -4.72. The summed E-state index contributed by atoms with van der Waals surface area (Å²) < 4.78 is 0. The molecular formula is C12H21N5O7S. The molecule has 3 atom stereocenters. The molecule has 3 unspecified atom stereocenters. The number of carbonyl (C=O) groups is 5. The number of primary amides is 1. The Morgan fingerprint density at radius 2 is 1.56 bits per heavy atom. The minimum Gasteiger partial charge on any atom is -0.480 e. The first-order valence-corrected chi connectivity index (χ1v) is 7.61. The summed E-state index contributed by atoms with van der Waals surface area (Å²) in [4.78, 5) is 56.6. The highest BCUT2D eigenvalue weighted by molar-refractivity contribution is 7.80. The Hall–Kier alpha value is -2.38. The molecule has 0 aromatic heterocycles. The number of nitrogens with one attached hydrogen (secondary N) is 3. The van der Waals surface area contributed by atoms with Crippen molar-refractivity contribution in [2.24, 2.45) is 11.5 Å². The highest BCUT2D eigenvalue weighted by Crippen LogP contribution is 1.94. The zero-order chi connectivity index (χ0) is 19.6. The second-order valence-corrected chi connectivity index (χ2v) is 5.24. The lowest BCUT2D eigenvalue weighted by atomic mass is 10.1. The monoisotopic (exact) mass is 379 g/mol. The first-order valence-electron chi connectivity index (χ1n) is 6.98. The first-order chi connectivity index (χ1) is 11.6. The van der Waals surface area contributed by atoms with E-state index in [2.05, 4.69) is 28.6 Å². The molecule has 0 aromatic carbocycles. The van der Waals surface area contributed by atoms with Crippen molar-refractivity contribution in [2.75, 3.05) is 18.9 Å². The SMILES string of the molecule is NC(=O)CC(N)C(=O)NC(CO)C(=O)NC(CS)C(=O)NCC(=O)O. The van der Waals surface area contributed by atoms with Gasteiger partial charge < -0.3 is 37.6 Å². The third-order valence-electron chi connectivity index (χ3n) is 2.80. The van der Waals surface area contributed by atoms with Crippen molar-refractivity contribution in [3.8, 4) is 0 Å². The Morgan fingerprint density at radius 1 is 1.00 bits per heavy atom. The fourth-order valence-corrected chi connectivity index (χ4v) is 1.79. The minimum atomic E-state index is -1.44. The Balaban J connectivity index is 4.74. The van der Waals surface area contributed by atoms with Crippen molar-refractivity contribution in [1.29, 1.82) is 0 Å². The second kappa shape index (κ2) is 11.2. The van der Waals surface area contributed by atoms with Crippen LogP contribution in [-0.2, 0) is 24.0 Å². The van der Waals surface area contributed by atoms with Gasteiger partial charge in [-0.2, -0.15) is 12.6 Å². The van der Waals surface area contributed by atoms with Crippen molar-refractivity contribution >= 4 is 42.2 Å². The van der Waals surface area contributed by atoms with E-state index in [1.54, 1.807) is 0 Å². The summed E-state index contributed by atoms with van der Waals surface area (Å²) in [5.41, 5.74) is 10.3. The topological polar surface area (TPSA) is 214 Å². The Kier molecular flexibility index (Phi) is 10.2. The predicted molar refractivity (Wildman–Crippen MR) is 87.2 cm³/mol. The van der Waals surface area contributed by atoms with E-state index in [0.29, 0.717) is 0 Å². The van der Waals surface area contributed by atoms with Crippen molar-refractivity contribution in [1.82, 2.24) is 16.0 Å². The van der Waals surface area contributed by atoms with Crippen LogP contribution in [0.15, 0.2) is 0 Å². The van der Waals surface area contributed by atoms with E-state index >= 15 is 0 Å². The van der Waals surface area contributed by atoms with Gasteiger partial charge >= 0.3 is 5.97 Å². The molecule has 0 radical (unpaired) electrons. The number of carbonyl (C=O) groups excluding carboxylic acids is 4. The third kappa shape index (κ3) is 8.88. The van der Waals surface area contributed by atoms with Gasteiger partial charge in [-0.25, -0.2) is 0 Å². The Bertz CT molecular complexity index is 530. The number of nitrogens with two attached hydrogens (primary N) is 2. The molecule has 12 nitrogen and oxygen atoms in total. The summed E-state index contributed by atoms with van der Waals surface area (Å²) in [7, 11) is 0. The number of amides is 4. The largest absolute Gasteiger partial charge is 0.480 e. The summed E-state index contributed by atoms with van der Waals surface area (Å²) >= 11 is 3.87. The van der Waals surface area contributed by atoms with Crippen LogP contribution in [0.1, 0.15) is 6.42 Å². The second-order valence-electron chi connectivity index (χ2n) is 4.88. The first kappa shape index (κ1) is 22.6. The lowest BCUT2D eigenvalue weighted by Crippen LogP contribution is -2.57. The number of hydrogen-bond acceptors (Lipinski definition) is 8. The van der Waals surface area contributed by atoms with Crippen LogP contribution >= 0.6 is 12.6 Å². The molecule has 0 rings (SSSR count). The quantitative estimate of drug-likeness (QED) is 0.163. The van der Waals surface area contributed by atoms with Gasteiger partial charge in [-0.3, -0.25) is 24.0 Å². The molecule has 0 heterocycles. The summed E-state index contributed by atoms with van der Waals surface area (Å²) in [6, 6.07) is -3.94. The maximum atomic E-state index is 12.0. The van der Waals surface area contributed by atoms with E-state index < -0.39 is 67.3 Å². The minimum absolute atomic E-state index is 0.162. The molecule has 13 heteroatoms. The van der Waals surface area contributed by atoms with Crippen LogP contribution in [0.4, 0.5) is 0 Å². The molecule has 0 aliphatic carbocycles. The average Bonchev–Trinajstić information content (AvgIpc) is 2.53. The van der Waals surface area contributed by atoms with Crippen LogP contribution in [0.3, 0.4) is 0 Å². The van der Waals surface area contributed by atoms with Crippen LogP contribution in [0.5, 0.6) is 0 Å². The van der Waals surface area contributed by atoms with E-state index in [1.807, 2.05) is 0 Å². The van der Waals surface area contributed by atoms with Gasteiger partial charge in [0.25, 0.3) is 0 Å². The highest BCUT2D eigenvalue weighted by atomic mass is 32.1. The molecule has 9 N–H and O–H groups in total. The van der Waals surface area contributed by atoms with Gasteiger partial charge in [-0.15, -0.1) is 0 Å². The molecule has 0 aromatic rings. The van der Waals surface area contributed by atoms with E-state index in [0.717, 1.165) is 0 Å². The maximum Gasteiger partial charge on any atom is 0.322 e. The molecule has 4 amide bonds. The number of thiol groups is 1. The number of aliphatic hydroxyl groups is 1. The van der Waals surface area contributed by atoms with Crippen molar-refractivity contribution in [3.05, 3.63) is 0 Å². The van der Waals surface area contributed by atoms with Gasteiger partial charge in [0.2, 0.25) is 23.6 Å². The van der Waals surface area contributed by atoms with Gasteiger partial charge in [0, 0.05) is 5.75 Å². The van der Waals surface area contributed by atoms with Crippen LogP contribution in [0, 0.1) is 0 Å². The highest BCUT2D eigenvalue weighted by Gasteiger charge is 2.27. The molecule has 0 fully saturated rings. The van der Waals surface area contributed by atoms with E-state index in [9.17, 15) is 29.1 Å². The number of aliphatic hydroxyl groups excluding tert-OH is 1. The number of carboxylic acid groups (broad SMARTS) is 1. The molecule has 142 valence electrons. The molecule has 25 heavy (non-hydrogen) atoms. The molecule has 0 saturated carbocycles. The molecule has 0 saturated heterocycles. The summed E-state index contributed by atoms with van der Waals surface area (Å²) in [5.74, 6) is -4.89. The number of hydrogen-bond donors (Lipinski definition) is 8. The summed E-state index contributed by atoms with van der Waals surface area (Å²) in [5, 5.41) is 24.1. The lowest BCUT2D eigenvalue weighted by Gasteiger charge is -2.21. The number of aliphatic carboxylic acids is 1. The molecular weight excluding hydrogens is 358 g/mol. The van der Waals surface area contributed by atoms with Crippen LogP contribution in [-0.4, -0.2) is 76.8 Å². The average molecular weight is 379 g/mol. The van der Waals surface area contributed by atoms with Crippen molar-refractivity contribution in [2.45, 2.75) is 24.5 Å². The van der Waals surface area contributed by atoms with Gasteiger partial charge in [0.15, 0.2) is 0 Å². The smallest absolute Gasteiger partial charge is 0.322 e. The number of carboxylic acids is 1. The fourth-order valence-electron chi connectivity index (χ4n) is 1.53. The van der Waals surface area contributed by atoms with Crippen LogP contribution in [0.2, 0.25) is 0 Å². The van der Waals surface area contributed by atoms with E-state index in [1.165, 1.54) is 0 Å². The lowest BCUT2D eigenvalue weighted by molar-refractivity contribution is -0.138. The van der Waals surface area contributed by atoms with Crippen LogP contribution < -0.4 is 27.4 Å². The van der Waals surface area contributed by atoms with Crippen molar-refractivity contribution < 1.29 is 34.2 Å². The molecule has 0 aliphatic rings. The third-order valence-corrected chi connectivity index (χ3v) is 3.17.